The number of rotatable bonds is 4. The van der Waals surface area contributed by atoms with Crippen LogP contribution in [0.1, 0.15) is 11.4 Å². The molecule has 2 aromatic carbocycles. The number of benzene rings is 2. The lowest BCUT2D eigenvalue weighted by Crippen LogP contribution is -2.07. The number of nitrogens with zero attached hydrogens (tertiary/aromatic N) is 2. The van der Waals surface area contributed by atoms with E-state index < -0.39 is 0 Å². The first kappa shape index (κ1) is 12.7. The lowest BCUT2D eigenvalue weighted by molar-refractivity contribution is 0.276. The van der Waals surface area contributed by atoms with Crippen molar-refractivity contribution in [3.63, 3.8) is 0 Å². The highest BCUT2D eigenvalue weighted by Gasteiger charge is 2.12. The van der Waals surface area contributed by atoms with Gasteiger partial charge in [0.05, 0.1) is 17.6 Å². The minimum atomic E-state index is 0.0636. The van der Waals surface area contributed by atoms with Crippen molar-refractivity contribution in [3.05, 3.63) is 59.9 Å². The number of phenolic OH excluding ortho intramolecular Hbond substituents is 1. The predicted molar refractivity (Wildman–Crippen MR) is 77.7 cm³/mol. The Bertz CT molecular complexity index is 734. The zero-order chi connectivity index (χ0) is 13.9. The summed E-state index contributed by atoms with van der Waals surface area (Å²) in [4.78, 5) is 4.61. The molecular weight excluding hydrogens is 252 g/mol. The number of phenols is 1. The second kappa shape index (κ2) is 5.35. The minimum absolute atomic E-state index is 0.0636. The maximum Gasteiger partial charge on any atom is 0.119 e. The lowest BCUT2D eigenvalue weighted by Gasteiger charge is -2.08. The van der Waals surface area contributed by atoms with Crippen molar-refractivity contribution < 1.29 is 10.2 Å². The van der Waals surface area contributed by atoms with Crippen molar-refractivity contribution in [2.24, 2.45) is 0 Å². The number of aromatic nitrogens is 2. The molecule has 102 valence electrons. The average molecular weight is 268 g/mol. The van der Waals surface area contributed by atoms with Gasteiger partial charge in [-0.05, 0) is 18.2 Å². The Hall–Kier alpha value is -2.33. The second-order valence-electron chi connectivity index (χ2n) is 4.70. The van der Waals surface area contributed by atoms with E-state index in [0.29, 0.717) is 13.0 Å². The summed E-state index contributed by atoms with van der Waals surface area (Å²) in [5.74, 6) is 1.12. The zero-order valence-electron chi connectivity index (χ0n) is 11.0. The highest BCUT2D eigenvalue weighted by molar-refractivity contribution is 5.76. The van der Waals surface area contributed by atoms with Crippen molar-refractivity contribution in [1.82, 2.24) is 9.55 Å². The first-order valence-corrected chi connectivity index (χ1v) is 6.61. The van der Waals surface area contributed by atoms with Gasteiger partial charge in [-0.2, -0.15) is 0 Å². The molecule has 0 atom stereocenters. The Morgan fingerprint density at radius 2 is 1.75 bits per heavy atom. The maximum atomic E-state index is 9.88. The molecule has 0 aliphatic rings. The summed E-state index contributed by atoms with van der Waals surface area (Å²) in [7, 11) is 0. The van der Waals surface area contributed by atoms with Crippen molar-refractivity contribution in [2.75, 3.05) is 6.61 Å². The molecule has 1 heterocycles. The van der Waals surface area contributed by atoms with Crippen molar-refractivity contribution in [3.8, 4) is 5.75 Å². The van der Waals surface area contributed by atoms with E-state index in [4.69, 9.17) is 0 Å². The van der Waals surface area contributed by atoms with Gasteiger partial charge in [0.2, 0.25) is 0 Å². The topological polar surface area (TPSA) is 58.3 Å². The average Bonchev–Trinajstić information content (AvgIpc) is 2.80. The Morgan fingerprint density at radius 3 is 2.55 bits per heavy atom. The van der Waals surface area contributed by atoms with E-state index in [1.807, 2.05) is 41.0 Å². The molecule has 1 aromatic heterocycles. The molecule has 0 amide bonds. The van der Waals surface area contributed by atoms with E-state index >= 15 is 0 Å². The van der Waals surface area contributed by atoms with Crippen LogP contribution in [0.2, 0.25) is 0 Å². The van der Waals surface area contributed by atoms with Gasteiger partial charge in [0.25, 0.3) is 0 Å². The molecular formula is C16H16N2O2. The standard InChI is InChI=1S/C16H16N2O2/c19-10-9-18-14-7-3-2-6-13(14)17-16(18)11-12-5-1-4-8-15(12)20/h1-8,19-20H,9-11H2. The molecule has 4 heteroatoms. The van der Waals surface area contributed by atoms with Crippen LogP contribution in [-0.4, -0.2) is 26.4 Å². The summed E-state index contributed by atoms with van der Waals surface area (Å²) in [6, 6.07) is 15.1. The van der Waals surface area contributed by atoms with Crippen LogP contribution in [0.15, 0.2) is 48.5 Å². The van der Waals surface area contributed by atoms with Crippen molar-refractivity contribution in [2.45, 2.75) is 13.0 Å². The highest BCUT2D eigenvalue weighted by Crippen LogP contribution is 2.22. The molecule has 3 aromatic rings. The number of para-hydroxylation sites is 3. The maximum absolute atomic E-state index is 9.88. The Labute approximate surface area is 116 Å². The summed E-state index contributed by atoms with van der Waals surface area (Å²) < 4.78 is 2.00. The molecule has 2 N–H and O–H groups in total. The summed E-state index contributed by atoms with van der Waals surface area (Å²) in [6.45, 7) is 0.567. The molecule has 0 bridgehead atoms. The van der Waals surface area contributed by atoms with Crippen LogP contribution in [0.4, 0.5) is 0 Å². The zero-order valence-corrected chi connectivity index (χ0v) is 11.0. The molecule has 20 heavy (non-hydrogen) atoms. The molecule has 3 rings (SSSR count). The monoisotopic (exact) mass is 268 g/mol. The number of hydrogen-bond donors (Lipinski definition) is 2. The van der Waals surface area contributed by atoms with Gasteiger partial charge in [-0.1, -0.05) is 30.3 Å². The second-order valence-corrected chi connectivity index (χ2v) is 4.70. The van der Waals surface area contributed by atoms with E-state index in [-0.39, 0.29) is 12.4 Å². The fraction of sp³-hybridized carbons (Fsp3) is 0.188. The first-order valence-electron chi connectivity index (χ1n) is 6.61. The molecule has 0 spiro atoms. The van der Waals surface area contributed by atoms with Crippen LogP contribution in [0.3, 0.4) is 0 Å². The van der Waals surface area contributed by atoms with Gasteiger partial charge in [-0.3, -0.25) is 0 Å². The molecule has 0 unspecified atom stereocenters. The summed E-state index contributed by atoms with van der Waals surface area (Å²) in [5.41, 5.74) is 2.75. The van der Waals surface area contributed by atoms with Gasteiger partial charge >= 0.3 is 0 Å². The van der Waals surface area contributed by atoms with Crippen LogP contribution in [0, 0.1) is 0 Å². The number of imidazole rings is 1. The SMILES string of the molecule is OCCn1c(Cc2ccccc2O)nc2ccccc21. The van der Waals surface area contributed by atoms with Crippen LogP contribution in [0.25, 0.3) is 11.0 Å². The third-order valence-electron chi connectivity index (χ3n) is 3.40. The van der Waals surface area contributed by atoms with Gasteiger partial charge < -0.3 is 14.8 Å². The molecule has 4 nitrogen and oxygen atoms in total. The molecule has 0 saturated heterocycles. The third-order valence-corrected chi connectivity index (χ3v) is 3.40. The Balaban J connectivity index is 2.06. The predicted octanol–water partition coefficient (Wildman–Crippen LogP) is 2.33. The fourth-order valence-electron chi connectivity index (χ4n) is 2.44. The molecule has 0 aliphatic heterocycles. The fourth-order valence-corrected chi connectivity index (χ4v) is 2.44. The number of aliphatic hydroxyl groups excluding tert-OH is 1. The van der Waals surface area contributed by atoms with E-state index in [1.54, 1.807) is 12.1 Å². The van der Waals surface area contributed by atoms with Crippen molar-refractivity contribution in [1.29, 1.82) is 0 Å². The lowest BCUT2D eigenvalue weighted by atomic mass is 10.1. The van der Waals surface area contributed by atoms with Crippen LogP contribution < -0.4 is 0 Å². The van der Waals surface area contributed by atoms with E-state index in [0.717, 1.165) is 22.4 Å². The van der Waals surface area contributed by atoms with Crippen LogP contribution in [0.5, 0.6) is 5.75 Å². The number of fused-ring (bicyclic) bond motifs is 1. The van der Waals surface area contributed by atoms with Gasteiger partial charge in [0.1, 0.15) is 11.6 Å². The molecule has 0 saturated carbocycles. The van der Waals surface area contributed by atoms with E-state index in [1.165, 1.54) is 0 Å². The number of aromatic hydroxyl groups is 1. The number of aliphatic hydroxyl groups is 1. The van der Waals surface area contributed by atoms with E-state index in [2.05, 4.69) is 4.98 Å². The smallest absolute Gasteiger partial charge is 0.119 e. The normalized spacial score (nSPS) is 11.1. The van der Waals surface area contributed by atoms with Gasteiger partial charge in [-0.15, -0.1) is 0 Å². The summed E-state index contributed by atoms with van der Waals surface area (Å²) in [6.07, 6.45) is 0.543. The quantitative estimate of drug-likeness (QED) is 0.763. The molecule has 0 radical (unpaired) electrons. The van der Waals surface area contributed by atoms with Gasteiger partial charge in [-0.25, -0.2) is 4.98 Å². The number of hydrogen-bond acceptors (Lipinski definition) is 3. The summed E-state index contributed by atoms with van der Waals surface area (Å²) >= 11 is 0. The Kier molecular flexibility index (Phi) is 3.39. The molecule has 0 fully saturated rings. The van der Waals surface area contributed by atoms with Gasteiger partial charge in [0.15, 0.2) is 0 Å². The Morgan fingerprint density at radius 1 is 1.00 bits per heavy atom. The van der Waals surface area contributed by atoms with Crippen LogP contribution >= 0.6 is 0 Å². The summed E-state index contributed by atoms with van der Waals surface area (Å²) in [5, 5.41) is 19.1. The minimum Gasteiger partial charge on any atom is -0.508 e. The van der Waals surface area contributed by atoms with E-state index in [9.17, 15) is 10.2 Å². The van der Waals surface area contributed by atoms with Crippen molar-refractivity contribution >= 4 is 11.0 Å². The van der Waals surface area contributed by atoms with Crippen LogP contribution in [-0.2, 0) is 13.0 Å². The third kappa shape index (κ3) is 2.26. The highest BCUT2D eigenvalue weighted by atomic mass is 16.3. The van der Waals surface area contributed by atoms with Gasteiger partial charge in [0, 0.05) is 18.5 Å². The first-order chi connectivity index (χ1) is 9.79. The molecule has 0 aliphatic carbocycles. The largest absolute Gasteiger partial charge is 0.508 e.